The zero-order valence-corrected chi connectivity index (χ0v) is 20.7. The van der Waals surface area contributed by atoms with Gasteiger partial charge in [-0.05, 0) is 93.8 Å². The van der Waals surface area contributed by atoms with Gasteiger partial charge in [0.1, 0.15) is 0 Å². The number of carbonyl (C=O) groups is 1. The fourth-order valence-corrected chi connectivity index (χ4v) is 7.44. The van der Waals surface area contributed by atoms with E-state index in [4.69, 9.17) is 11.1 Å². The lowest BCUT2D eigenvalue weighted by Crippen LogP contribution is -2.50. The van der Waals surface area contributed by atoms with Crippen LogP contribution >= 0.6 is 0 Å². The van der Waals surface area contributed by atoms with Crippen LogP contribution in [0.25, 0.3) is 0 Å². The van der Waals surface area contributed by atoms with Crippen molar-refractivity contribution in [3.8, 4) is 0 Å². The highest BCUT2D eigenvalue weighted by Crippen LogP contribution is 2.44. The van der Waals surface area contributed by atoms with E-state index in [1.807, 2.05) is 0 Å². The molecule has 1 saturated heterocycles. The van der Waals surface area contributed by atoms with Crippen LogP contribution in [0, 0.1) is 40.9 Å². The van der Waals surface area contributed by atoms with Gasteiger partial charge in [-0.25, -0.2) is 0 Å². The van der Waals surface area contributed by atoms with Gasteiger partial charge in [-0.3, -0.25) is 15.1 Å². The molecule has 4 N–H and O–H groups in total. The summed E-state index contributed by atoms with van der Waals surface area (Å²) >= 11 is 0. The molecule has 0 spiro atoms. The fraction of sp³-hybridized carbons (Fsp3) is 0.926. The van der Waals surface area contributed by atoms with Gasteiger partial charge in [0.05, 0.1) is 11.9 Å². The third-order valence-corrected chi connectivity index (χ3v) is 9.64. The van der Waals surface area contributed by atoms with Crippen molar-refractivity contribution < 1.29 is 4.79 Å². The average Bonchev–Trinajstić information content (AvgIpc) is 3.16. The summed E-state index contributed by atoms with van der Waals surface area (Å²) in [5.41, 5.74) is 5.93. The lowest BCUT2D eigenvalue weighted by molar-refractivity contribution is -0.126. The zero-order valence-electron chi connectivity index (χ0n) is 20.7. The molecule has 182 valence electrons. The Morgan fingerprint density at radius 2 is 1.69 bits per heavy atom. The number of nitrogens with zero attached hydrogens (tertiary/aromatic N) is 1. The Kier molecular flexibility index (Phi) is 8.18. The van der Waals surface area contributed by atoms with E-state index in [0.717, 1.165) is 56.5 Å². The van der Waals surface area contributed by atoms with Crippen molar-refractivity contribution in [1.29, 1.82) is 5.41 Å². The Morgan fingerprint density at radius 1 is 0.969 bits per heavy atom. The van der Waals surface area contributed by atoms with E-state index in [1.165, 1.54) is 57.8 Å². The van der Waals surface area contributed by atoms with Crippen molar-refractivity contribution in [2.45, 2.75) is 109 Å². The van der Waals surface area contributed by atoms with Crippen LogP contribution in [0.1, 0.15) is 97.3 Å². The highest BCUT2D eigenvalue weighted by atomic mass is 16.2. The molecule has 5 nitrogen and oxygen atoms in total. The van der Waals surface area contributed by atoms with Gasteiger partial charge in [0.25, 0.3) is 0 Å². The first-order valence-electron chi connectivity index (χ1n) is 13.8. The smallest absolute Gasteiger partial charge is 0.237 e. The third kappa shape index (κ3) is 5.69. The molecule has 32 heavy (non-hydrogen) atoms. The van der Waals surface area contributed by atoms with Crippen LogP contribution in [-0.2, 0) is 4.79 Å². The summed E-state index contributed by atoms with van der Waals surface area (Å²) in [6.45, 7) is 6.67. The molecule has 0 aromatic rings. The Hall–Kier alpha value is -1.10. The molecule has 5 heteroatoms. The molecule has 0 bridgehead atoms. The van der Waals surface area contributed by atoms with Crippen LogP contribution in [0.15, 0.2) is 0 Å². The standard InChI is InChI=1S/C27H48N4O/c1-18(2)21-10-8-20(9-11-21)17-31-24-15-23(26(28)29)13-12-22(24)14-25(31)27(32)30-16-19-6-4-3-5-7-19/h18-25H,3-17H2,1-2H3,(H3,28,29)(H,30,32). The lowest BCUT2D eigenvalue weighted by atomic mass is 9.76. The lowest BCUT2D eigenvalue weighted by Gasteiger charge is -2.40. The Morgan fingerprint density at radius 3 is 2.34 bits per heavy atom. The number of amidine groups is 1. The molecule has 1 amide bonds. The van der Waals surface area contributed by atoms with E-state index in [9.17, 15) is 4.79 Å². The monoisotopic (exact) mass is 444 g/mol. The summed E-state index contributed by atoms with van der Waals surface area (Å²) in [6, 6.07) is 0.466. The van der Waals surface area contributed by atoms with E-state index in [2.05, 4.69) is 24.1 Å². The minimum atomic E-state index is 0.0297. The summed E-state index contributed by atoms with van der Waals surface area (Å²) in [5, 5.41) is 11.4. The molecule has 4 fully saturated rings. The van der Waals surface area contributed by atoms with Gasteiger partial charge in [-0.1, -0.05) is 33.1 Å². The maximum absolute atomic E-state index is 13.4. The van der Waals surface area contributed by atoms with E-state index in [0.29, 0.717) is 23.7 Å². The van der Waals surface area contributed by atoms with Crippen LogP contribution in [0.4, 0.5) is 0 Å². The maximum atomic E-state index is 13.4. The minimum Gasteiger partial charge on any atom is -0.387 e. The molecule has 1 aliphatic heterocycles. The van der Waals surface area contributed by atoms with Crippen LogP contribution in [0.2, 0.25) is 0 Å². The summed E-state index contributed by atoms with van der Waals surface area (Å²) in [4.78, 5) is 16.0. The number of rotatable bonds is 7. The summed E-state index contributed by atoms with van der Waals surface area (Å²) < 4.78 is 0. The number of carbonyl (C=O) groups excluding carboxylic acids is 1. The van der Waals surface area contributed by atoms with Crippen molar-refractivity contribution in [1.82, 2.24) is 10.2 Å². The average molecular weight is 445 g/mol. The van der Waals surface area contributed by atoms with E-state index < -0.39 is 0 Å². The van der Waals surface area contributed by atoms with Gasteiger partial charge in [-0.2, -0.15) is 0 Å². The molecule has 4 aliphatic rings. The van der Waals surface area contributed by atoms with Gasteiger partial charge in [0, 0.05) is 25.0 Å². The second kappa shape index (κ2) is 10.9. The number of fused-ring (bicyclic) bond motifs is 1. The molecular weight excluding hydrogens is 396 g/mol. The van der Waals surface area contributed by atoms with Gasteiger partial charge in [0.15, 0.2) is 0 Å². The number of likely N-dealkylation sites (tertiary alicyclic amines) is 1. The first-order chi connectivity index (χ1) is 15.4. The van der Waals surface area contributed by atoms with Gasteiger partial charge >= 0.3 is 0 Å². The normalized spacial score (nSPS) is 36.7. The molecule has 4 atom stereocenters. The van der Waals surface area contributed by atoms with Crippen molar-refractivity contribution in [3.05, 3.63) is 0 Å². The Bertz CT molecular complexity index is 636. The molecular formula is C27H48N4O. The zero-order chi connectivity index (χ0) is 22.7. The number of nitrogens with one attached hydrogen (secondary N) is 2. The second-order valence-corrected chi connectivity index (χ2v) is 12.0. The molecule has 0 radical (unpaired) electrons. The van der Waals surface area contributed by atoms with Crippen molar-refractivity contribution in [2.24, 2.45) is 41.2 Å². The predicted molar refractivity (Wildman–Crippen MR) is 132 cm³/mol. The van der Waals surface area contributed by atoms with Crippen LogP contribution in [-0.4, -0.2) is 41.8 Å². The largest absolute Gasteiger partial charge is 0.387 e. The molecule has 0 aromatic heterocycles. The fourth-order valence-electron chi connectivity index (χ4n) is 7.44. The first-order valence-corrected chi connectivity index (χ1v) is 13.8. The van der Waals surface area contributed by atoms with E-state index in [1.54, 1.807) is 0 Å². The number of hydrogen-bond donors (Lipinski definition) is 3. The predicted octanol–water partition coefficient (Wildman–Crippen LogP) is 4.94. The van der Waals surface area contributed by atoms with Gasteiger partial charge in [0.2, 0.25) is 5.91 Å². The van der Waals surface area contributed by atoms with Crippen molar-refractivity contribution in [2.75, 3.05) is 13.1 Å². The minimum absolute atomic E-state index is 0.0297. The van der Waals surface area contributed by atoms with Crippen molar-refractivity contribution >= 4 is 11.7 Å². The SMILES string of the molecule is CC(C)C1CCC(CN2C(C(=O)NCC3CCCCC3)CC3CCC(C(=N)N)CC32)CC1. The van der Waals surface area contributed by atoms with Crippen LogP contribution in [0.3, 0.4) is 0 Å². The highest BCUT2D eigenvalue weighted by Gasteiger charge is 2.47. The third-order valence-electron chi connectivity index (χ3n) is 9.64. The second-order valence-electron chi connectivity index (χ2n) is 12.0. The molecule has 3 aliphatic carbocycles. The molecule has 0 aromatic carbocycles. The number of nitrogens with two attached hydrogens (primary N) is 1. The van der Waals surface area contributed by atoms with Crippen LogP contribution < -0.4 is 11.1 Å². The Balaban J connectivity index is 1.40. The summed E-state index contributed by atoms with van der Waals surface area (Å²) in [5.74, 6) is 4.51. The summed E-state index contributed by atoms with van der Waals surface area (Å²) in [6.07, 6.45) is 16.0. The molecule has 1 heterocycles. The number of hydrogen-bond acceptors (Lipinski definition) is 3. The molecule has 3 saturated carbocycles. The first kappa shape index (κ1) is 24.0. The Labute approximate surface area is 196 Å². The molecule has 4 unspecified atom stereocenters. The van der Waals surface area contributed by atoms with E-state index >= 15 is 0 Å². The topological polar surface area (TPSA) is 82.2 Å². The molecule has 4 rings (SSSR count). The van der Waals surface area contributed by atoms with E-state index in [-0.39, 0.29) is 17.9 Å². The van der Waals surface area contributed by atoms with Crippen LogP contribution in [0.5, 0.6) is 0 Å². The highest BCUT2D eigenvalue weighted by molar-refractivity contribution is 5.82. The van der Waals surface area contributed by atoms with Gasteiger partial charge < -0.3 is 11.1 Å². The van der Waals surface area contributed by atoms with Crippen molar-refractivity contribution in [3.63, 3.8) is 0 Å². The maximum Gasteiger partial charge on any atom is 0.237 e. The summed E-state index contributed by atoms with van der Waals surface area (Å²) in [7, 11) is 0. The quantitative estimate of drug-likeness (QED) is 0.384. The van der Waals surface area contributed by atoms with Gasteiger partial charge in [-0.15, -0.1) is 0 Å². The number of amides is 1.